The van der Waals surface area contributed by atoms with Crippen LogP contribution in [0.4, 0.5) is 0 Å². The molecule has 0 aromatic heterocycles. The van der Waals surface area contributed by atoms with Crippen molar-refractivity contribution in [3.8, 4) is 0 Å². The second kappa shape index (κ2) is 10.2. The number of aryl methyl sites for hydroxylation is 2. The van der Waals surface area contributed by atoms with Crippen molar-refractivity contribution in [3.05, 3.63) is 71.3 Å². The second-order valence-electron chi connectivity index (χ2n) is 6.47. The largest absolute Gasteiger partial charge is 0.412 e. The first-order valence-corrected chi connectivity index (χ1v) is 8.63. The van der Waals surface area contributed by atoms with Crippen LogP contribution in [0.25, 0.3) is 0 Å². The Morgan fingerprint density at radius 2 is 1.56 bits per heavy atom. The molecule has 1 heterocycles. The molecule has 4 heteroatoms. The van der Waals surface area contributed by atoms with Gasteiger partial charge in [0, 0.05) is 20.0 Å². The summed E-state index contributed by atoms with van der Waals surface area (Å²) in [4.78, 5) is 7.18. The number of halogens is 1. The van der Waals surface area contributed by atoms with E-state index in [4.69, 9.17) is 4.99 Å². The molecule has 0 aliphatic carbocycles. The zero-order chi connectivity index (χ0) is 16.1. The average molecular weight is 361 g/mol. The van der Waals surface area contributed by atoms with Gasteiger partial charge in [0.1, 0.15) is 0 Å². The van der Waals surface area contributed by atoms with Crippen molar-refractivity contribution in [3.63, 3.8) is 0 Å². The SMILES string of the molecule is CC(N=C1CCCN1C)c1ccc(CCc2ccccc2)cc1.Cl.O. The summed E-state index contributed by atoms with van der Waals surface area (Å²) in [5.74, 6) is 1.26. The lowest BCUT2D eigenvalue weighted by Crippen LogP contribution is -2.19. The van der Waals surface area contributed by atoms with Gasteiger partial charge in [0.15, 0.2) is 0 Å². The fourth-order valence-corrected chi connectivity index (χ4v) is 3.15. The van der Waals surface area contributed by atoms with Crippen LogP contribution in [0.3, 0.4) is 0 Å². The Kier molecular flexibility index (Phi) is 8.67. The number of aliphatic imine (C=N–C) groups is 1. The molecule has 2 aromatic carbocycles. The average Bonchev–Trinajstić information content (AvgIpc) is 2.99. The third-order valence-electron chi connectivity index (χ3n) is 4.68. The maximum Gasteiger partial charge on any atom is 0.0994 e. The molecule has 0 radical (unpaired) electrons. The quantitative estimate of drug-likeness (QED) is 0.786. The topological polar surface area (TPSA) is 47.1 Å². The zero-order valence-corrected chi connectivity index (χ0v) is 15.9. The third-order valence-corrected chi connectivity index (χ3v) is 4.68. The van der Waals surface area contributed by atoms with Gasteiger partial charge in [-0.15, -0.1) is 12.4 Å². The van der Waals surface area contributed by atoms with E-state index < -0.39 is 0 Å². The van der Waals surface area contributed by atoms with Crippen LogP contribution in [0.1, 0.15) is 42.5 Å². The molecule has 3 nitrogen and oxygen atoms in total. The van der Waals surface area contributed by atoms with Crippen LogP contribution in [0.2, 0.25) is 0 Å². The highest BCUT2D eigenvalue weighted by molar-refractivity contribution is 5.85. The Labute approximate surface area is 157 Å². The van der Waals surface area contributed by atoms with Gasteiger partial charge in [-0.25, -0.2) is 0 Å². The smallest absolute Gasteiger partial charge is 0.0994 e. The summed E-state index contributed by atoms with van der Waals surface area (Å²) in [5, 5.41) is 0. The number of hydrogen-bond acceptors (Lipinski definition) is 1. The molecule has 25 heavy (non-hydrogen) atoms. The Balaban J connectivity index is 0.00000156. The zero-order valence-electron chi connectivity index (χ0n) is 15.1. The minimum Gasteiger partial charge on any atom is -0.412 e. The minimum absolute atomic E-state index is 0. The van der Waals surface area contributed by atoms with E-state index in [1.807, 2.05) is 0 Å². The van der Waals surface area contributed by atoms with Gasteiger partial charge in [-0.05, 0) is 42.9 Å². The van der Waals surface area contributed by atoms with Crippen LogP contribution >= 0.6 is 12.4 Å². The molecular weight excluding hydrogens is 332 g/mol. The van der Waals surface area contributed by atoms with E-state index in [0.717, 1.165) is 25.8 Å². The number of benzene rings is 2. The number of nitrogens with zero attached hydrogens (tertiary/aromatic N) is 2. The fraction of sp³-hybridized carbons (Fsp3) is 0.381. The molecule has 136 valence electrons. The Bertz CT molecular complexity index is 655. The first-order chi connectivity index (χ1) is 11.2. The minimum atomic E-state index is 0. The summed E-state index contributed by atoms with van der Waals surface area (Å²) in [6, 6.07) is 19.9. The summed E-state index contributed by atoms with van der Waals surface area (Å²) < 4.78 is 0. The molecule has 0 spiro atoms. The highest BCUT2D eigenvalue weighted by Crippen LogP contribution is 2.21. The number of rotatable bonds is 5. The Morgan fingerprint density at radius 1 is 0.960 bits per heavy atom. The standard InChI is InChI=1S/C21H26N2.ClH.H2O/c1-17(22-21-9-6-16-23(21)2)20-14-12-19(13-15-20)11-10-18-7-4-3-5-8-18;;/h3-5,7-8,12-15,17H,6,9-11,16H2,1-2H3;1H;1H2. The van der Waals surface area contributed by atoms with Crippen molar-refractivity contribution in [1.82, 2.24) is 4.90 Å². The molecule has 1 aliphatic heterocycles. The van der Waals surface area contributed by atoms with Crippen molar-refractivity contribution in [2.45, 2.75) is 38.6 Å². The van der Waals surface area contributed by atoms with E-state index >= 15 is 0 Å². The van der Waals surface area contributed by atoms with Crippen LogP contribution in [0.5, 0.6) is 0 Å². The first-order valence-electron chi connectivity index (χ1n) is 8.63. The summed E-state index contributed by atoms with van der Waals surface area (Å²) in [7, 11) is 2.14. The van der Waals surface area contributed by atoms with E-state index in [9.17, 15) is 0 Å². The molecule has 0 amide bonds. The van der Waals surface area contributed by atoms with Gasteiger partial charge in [-0.3, -0.25) is 4.99 Å². The van der Waals surface area contributed by atoms with Gasteiger partial charge in [0.25, 0.3) is 0 Å². The van der Waals surface area contributed by atoms with Gasteiger partial charge >= 0.3 is 0 Å². The molecule has 1 fully saturated rings. The van der Waals surface area contributed by atoms with E-state index in [-0.39, 0.29) is 23.9 Å². The number of hydrogen-bond donors (Lipinski definition) is 0. The van der Waals surface area contributed by atoms with Crippen LogP contribution in [-0.4, -0.2) is 29.8 Å². The van der Waals surface area contributed by atoms with Crippen LogP contribution < -0.4 is 0 Å². The molecule has 2 aromatic rings. The lowest BCUT2D eigenvalue weighted by atomic mass is 10.0. The van der Waals surface area contributed by atoms with Crippen LogP contribution in [-0.2, 0) is 12.8 Å². The Morgan fingerprint density at radius 3 is 2.12 bits per heavy atom. The monoisotopic (exact) mass is 360 g/mol. The molecule has 1 aliphatic rings. The van der Waals surface area contributed by atoms with Gasteiger partial charge in [0.05, 0.1) is 11.9 Å². The lowest BCUT2D eigenvalue weighted by molar-refractivity contribution is 0.544. The predicted octanol–water partition coefficient (Wildman–Crippen LogP) is 4.25. The second-order valence-corrected chi connectivity index (χ2v) is 6.47. The van der Waals surface area contributed by atoms with Gasteiger partial charge in [0.2, 0.25) is 0 Å². The van der Waals surface area contributed by atoms with E-state index in [2.05, 4.69) is 73.5 Å². The van der Waals surface area contributed by atoms with E-state index in [1.54, 1.807) is 0 Å². The highest BCUT2D eigenvalue weighted by Gasteiger charge is 2.15. The summed E-state index contributed by atoms with van der Waals surface area (Å²) in [6.45, 7) is 3.34. The van der Waals surface area contributed by atoms with Gasteiger partial charge < -0.3 is 10.4 Å². The van der Waals surface area contributed by atoms with Crippen LogP contribution in [0.15, 0.2) is 59.6 Å². The lowest BCUT2D eigenvalue weighted by Gasteiger charge is -2.15. The fourth-order valence-electron chi connectivity index (χ4n) is 3.15. The van der Waals surface area contributed by atoms with Gasteiger partial charge in [-0.1, -0.05) is 54.6 Å². The summed E-state index contributed by atoms with van der Waals surface area (Å²) >= 11 is 0. The molecule has 3 rings (SSSR count). The molecule has 1 unspecified atom stereocenters. The molecule has 1 atom stereocenters. The molecular formula is C21H29ClN2O. The third kappa shape index (κ3) is 5.87. The van der Waals surface area contributed by atoms with E-state index in [0.29, 0.717) is 0 Å². The van der Waals surface area contributed by atoms with E-state index in [1.165, 1.54) is 28.9 Å². The number of amidine groups is 1. The Hall–Kier alpha value is -1.84. The molecule has 0 saturated carbocycles. The van der Waals surface area contributed by atoms with Gasteiger partial charge in [-0.2, -0.15) is 0 Å². The summed E-state index contributed by atoms with van der Waals surface area (Å²) in [5.41, 5.74) is 4.11. The predicted molar refractivity (Wildman–Crippen MR) is 109 cm³/mol. The first kappa shape index (κ1) is 21.2. The van der Waals surface area contributed by atoms with Crippen LogP contribution in [0, 0.1) is 0 Å². The normalized spacial score (nSPS) is 16.2. The molecule has 1 saturated heterocycles. The maximum atomic E-state index is 4.89. The summed E-state index contributed by atoms with van der Waals surface area (Å²) in [6.07, 6.45) is 4.55. The van der Waals surface area contributed by atoms with Crippen molar-refractivity contribution >= 4 is 18.2 Å². The number of likely N-dealkylation sites (tertiary alicyclic amines) is 1. The molecule has 0 bridgehead atoms. The van der Waals surface area contributed by atoms with Crippen molar-refractivity contribution < 1.29 is 5.48 Å². The van der Waals surface area contributed by atoms with Crippen molar-refractivity contribution in [2.24, 2.45) is 4.99 Å². The molecule has 2 N–H and O–H groups in total. The van der Waals surface area contributed by atoms with Crippen molar-refractivity contribution in [1.29, 1.82) is 0 Å². The van der Waals surface area contributed by atoms with Crippen molar-refractivity contribution in [2.75, 3.05) is 13.6 Å². The highest BCUT2D eigenvalue weighted by atomic mass is 35.5. The maximum absolute atomic E-state index is 4.89.